The number of thioether (sulfide) groups is 1. The van der Waals surface area contributed by atoms with Crippen molar-refractivity contribution in [2.45, 2.75) is 43.6 Å². The Balaban J connectivity index is 1.48. The van der Waals surface area contributed by atoms with Crippen LogP contribution in [0.2, 0.25) is 0 Å². The van der Waals surface area contributed by atoms with Gasteiger partial charge < -0.3 is 15.5 Å². The highest BCUT2D eigenvalue weighted by atomic mass is 32.2. The fourth-order valence-electron chi connectivity index (χ4n) is 2.52. The first-order valence-electron chi connectivity index (χ1n) is 8.93. The van der Waals surface area contributed by atoms with Crippen molar-refractivity contribution in [1.82, 2.24) is 9.97 Å². The minimum absolute atomic E-state index is 0.102. The van der Waals surface area contributed by atoms with Gasteiger partial charge in [-0.25, -0.2) is 9.97 Å². The summed E-state index contributed by atoms with van der Waals surface area (Å²) in [6, 6.07) is 7.28. The van der Waals surface area contributed by atoms with Crippen LogP contribution in [0.3, 0.4) is 0 Å². The lowest BCUT2D eigenvalue weighted by molar-refractivity contribution is -0.115. The van der Waals surface area contributed by atoms with Crippen molar-refractivity contribution >= 4 is 39.8 Å². The van der Waals surface area contributed by atoms with Gasteiger partial charge in [0.15, 0.2) is 5.13 Å². The number of aromatic nitrogens is 2. The summed E-state index contributed by atoms with van der Waals surface area (Å²) in [6.07, 6.45) is 4.70. The third-order valence-electron chi connectivity index (χ3n) is 3.72. The molecule has 0 radical (unpaired) electrons. The lowest BCUT2D eigenvalue weighted by atomic mass is 9.91. The molecule has 0 unspecified atom stereocenters. The van der Waals surface area contributed by atoms with E-state index in [4.69, 9.17) is 10.2 Å². The van der Waals surface area contributed by atoms with Crippen LogP contribution in [0.15, 0.2) is 45.3 Å². The van der Waals surface area contributed by atoms with Crippen LogP contribution in [0.1, 0.15) is 38.0 Å². The first-order valence-corrected chi connectivity index (χ1v) is 10.7. The Labute approximate surface area is 173 Å². The summed E-state index contributed by atoms with van der Waals surface area (Å²) in [6.45, 7) is 6.51. The number of anilines is 2. The lowest BCUT2D eigenvalue weighted by Gasteiger charge is -2.15. The van der Waals surface area contributed by atoms with Crippen molar-refractivity contribution in [3.8, 4) is 0 Å². The first kappa shape index (κ1) is 20.4. The number of rotatable bonds is 7. The van der Waals surface area contributed by atoms with Crippen molar-refractivity contribution in [3.63, 3.8) is 0 Å². The molecule has 0 aliphatic rings. The fourth-order valence-corrected chi connectivity index (χ4v) is 4.26. The number of amides is 1. The molecule has 2 heterocycles. The lowest BCUT2D eigenvalue weighted by Crippen LogP contribution is -2.14. The Hall–Kier alpha value is -2.32. The largest absolute Gasteiger partial charge is 0.445 e. The van der Waals surface area contributed by atoms with Crippen LogP contribution < -0.4 is 11.1 Å². The van der Waals surface area contributed by atoms with E-state index in [-0.39, 0.29) is 17.7 Å². The molecule has 8 heteroatoms. The molecule has 0 fully saturated rings. The van der Waals surface area contributed by atoms with E-state index >= 15 is 0 Å². The number of nitrogen functional groups attached to an aromatic ring is 1. The smallest absolute Gasteiger partial charge is 0.230 e. The summed E-state index contributed by atoms with van der Waals surface area (Å²) in [5.41, 5.74) is 7.42. The first-order chi connectivity index (χ1) is 13.3. The van der Waals surface area contributed by atoms with Gasteiger partial charge >= 0.3 is 0 Å². The normalized spacial score (nSPS) is 11.5. The monoisotopic (exact) mass is 416 g/mol. The van der Waals surface area contributed by atoms with Gasteiger partial charge in [0, 0.05) is 12.1 Å². The number of nitrogens with one attached hydrogen (secondary N) is 1. The predicted molar refractivity (Wildman–Crippen MR) is 115 cm³/mol. The second kappa shape index (κ2) is 8.79. The van der Waals surface area contributed by atoms with Gasteiger partial charge in [0.25, 0.3) is 0 Å². The molecule has 28 heavy (non-hydrogen) atoms. The van der Waals surface area contributed by atoms with E-state index in [0.717, 1.165) is 22.0 Å². The van der Waals surface area contributed by atoms with Gasteiger partial charge in [0.1, 0.15) is 5.76 Å². The highest BCUT2D eigenvalue weighted by Crippen LogP contribution is 2.31. The van der Waals surface area contributed by atoms with Crippen molar-refractivity contribution in [2.24, 2.45) is 5.41 Å². The van der Waals surface area contributed by atoms with Gasteiger partial charge in [0.2, 0.25) is 11.8 Å². The van der Waals surface area contributed by atoms with E-state index in [2.05, 4.69) is 36.1 Å². The highest BCUT2D eigenvalue weighted by molar-refractivity contribution is 8.00. The second-order valence-corrected chi connectivity index (χ2v) is 10.0. The molecule has 0 aliphatic heterocycles. The molecular weight excluding hydrogens is 392 g/mol. The maximum Gasteiger partial charge on any atom is 0.230 e. The molecule has 6 nitrogen and oxygen atoms in total. The molecule has 1 aromatic carbocycles. The fraction of sp³-hybridized carbons (Fsp3) is 0.350. The molecule has 3 aromatic rings. The van der Waals surface area contributed by atoms with Crippen molar-refractivity contribution in [3.05, 3.63) is 53.9 Å². The van der Waals surface area contributed by atoms with Crippen LogP contribution in [0.5, 0.6) is 0 Å². The van der Waals surface area contributed by atoms with E-state index in [1.807, 2.05) is 12.1 Å². The Morgan fingerprint density at radius 1 is 1.21 bits per heavy atom. The second-order valence-electron chi connectivity index (χ2n) is 7.70. The van der Waals surface area contributed by atoms with E-state index in [0.29, 0.717) is 22.5 Å². The quantitative estimate of drug-likeness (QED) is 0.425. The van der Waals surface area contributed by atoms with E-state index in [9.17, 15) is 4.79 Å². The molecular formula is C20H24N4O2S2. The van der Waals surface area contributed by atoms with E-state index in [1.54, 1.807) is 36.3 Å². The van der Waals surface area contributed by atoms with Gasteiger partial charge in [-0.2, -0.15) is 0 Å². The van der Waals surface area contributed by atoms with Crippen LogP contribution in [-0.4, -0.2) is 15.9 Å². The molecule has 1 amide bonds. The Morgan fingerprint density at radius 2 is 1.96 bits per heavy atom. The number of benzene rings is 1. The minimum atomic E-state index is -0.102. The maximum absolute atomic E-state index is 12.2. The third kappa shape index (κ3) is 6.38. The summed E-state index contributed by atoms with van der Waals surface area (Å²) >= 11 is 3.03. The molecule has 3 rings (SSSR count). The summed E-state index contributed by atoms with van der Waals surface area (Å²) in [7, 11) is 0. The van der Waals surface area contributed by atoms with Crippen LogP contribution in [0.25, 0.3) is 0 Å². The number of thiazole rings is 1. The average molecular weight is 417 g/mol. The summed E-state index contributed by atoms with van der Waals surface area (Å²) < 4.78 is 6.80. The minimum Gasteiger partial charge on any atom is -0.445 e. The molecule has 3 N–H and O–H groups in total. The summed E-state index contributed by atoms with van der Waals surface area (Å²) in [4.78, 5) is 20.8. The average Bonchev–Trinajstić information content (AvgIpc) is 3.23. The van der Waals surface area contributed by atoms with Gasteiger partial charge in [0.05, 0.1) is 28.8 Å². The SMILES string of the molecule is CC(C)(C)Cc1cnc(CSc2cnc(NC(=O)Cc3ccc(N)cc3)s2)o1. The topological polar surface area (TPSA) is 94.0 Å². The summed E-state index contributed by atoms with van der Waals surface area (Å²) in [5, 5.41) is 3.43. The zero-order chi connectivity index (χ0) is 20.1. The van der Waals surface area contributed by atoms with Gasteiger partial charge in [-0.05, 0) is 23.1 Å². The Kier molecular flexibility index (Phi) is 6.41. The Bertz CT molecular complexity index is 926. The van der Waals surface area contributed by atoms with Gasteiger partial charge in [-0.15, -0.1) is 11.8 Å². The number of carbonyl (C=O) groups is 1. The molecule has 2 aromatic heterocycles. The van der Waals surface area contributed by atoms with Gasteiger partial charge in [-0.1, -0.05) is 44.2 Å². The van der Waals surface area contributed by atoms with E-state index in [1.165, 1.54) is 11.3 Å². The van der Waals surface area contributed by atoms with Crippen LogP contribution in [-0.2, 0) is 23.4 Å². The molecule has 0 aliphatic carbocycles. The molecule has 148 valence electrons. The zero-order valence-corrected chi connectivity index (χ0v) is 17.8. The molecule has 0 atom stereocenters. The molecule has 0 spiro atoms. The maximum atomic E-state index is 12.2. The standard InChI is InChI=1S/C20H24N4O2S2/c1-20(2,3)9-15-10-22-17(26-15)12-27-18-11-23-19(28-18)24-16(25)8-13-4-6-14(21)7-5-13/h4-7,10-11H,8-9,12,21H2,1-3H3,(H,23,24,25). The van der Waals surface area contributed by atoms with Crippen molar-refractivity contribution in [2.75, 3.05) is 11.1 Å². The number of oxazole rings is 1. The van der Waals surface area contributed by atoms with Crippen molar-refractivity contribution in [1.29, 1.82) is 0 Å². The van der Waals surface area contributed by atoms with E-state index < -0.39 is 0 Å². The number of nitrogens with zero attached hydrogens (tertiary/aromatic N) is 2. The molecule has 0 saturated heterocycles. The molecule has 0 saturated carbocycles. The number of carbonyl (C=O) groups excluding carboxylic acids is 1. The number of nitrogens with two attached hydrogens (primary N) is 1. The predicted octanol–water partition coefficient (Wildman–Crippen LogP) is 4.78. The van der Waals surface area contributed by atoms with Crippen LogP contribution >= 0.6 is 23.1 Å². The zero-order valence-electron chi connectivity index (χ0n) is 16.2. The van der Waals surface area contributed by atoms with Crippen LogP contribution in [0.4, 0.5) is 10.8 Å². The Morgan fingerprint density at radius 3 is 2.68 bits per heavy atom. The highest BCUT2D eigenvalue weighted by Gasteiger charge is 2.15. The third-order valence-corrected chi connectivity index (χ3v) is 5.81. The summed E-state index contributed by atoms with van der Waals surface area (Å²) in [5.74, 6) is 2.13. The van der Waals surface area contributed by atoms with Crippen LogP contribution in [0, 0.1) is 5.41 Å². The van der Waals surface area contributed by atoms with Gasteiger partial charge in [-0.3, -0.25) is 4.79 Å². The number of hydrogen-bond acceptors (Lipinski definition) is 7. The number of hydrogen-bond donors (Lipinski definition) is 2. The molecule has 0 bridgehead atoms. The van der Waals surface area contributed by atoms with Crippen molar-refractivity contribution < 1.29 is 9.21 Å².